The maximum absolute atomic E-state index is 14.0. The van der Waals surface area contributed by atoms with E-state index in [0.29, 0.717) is 23.6 Å². The van der Waals surface area contributed by atoms with Crippen molar-refractivity contribution in [2.75, 3.05) is 27.3 Å². The number of nitrogens with zero attached hydrogens (tertiary/aromatic N) is 2. The molecule has 202 valence electrons. The van der Waals surface area contributed by atoms with Crippen LogP contribution in [0.15, 0.2) is 53.9 Å². The van der Waals surface area contributed by atoms with Crippen LogP contribution in [-0.4, -0.2) is 55.0 Å². The normalized spacial score (nSPS) is 15.3. The van der Waals surface area contributed by atoms with E-state index in [4.69, 9.17) is 9.47 Å². The van der Waals surface area contributed by atoms with E-state index in [2.05, 4.69) is 56.5 Å². The average molecular weight is 535 g/mol. The van der Waals surface area contributed by atoms with Crippen molar-refractivity contribution in [3.05, 3.63) is 81.0 Å². The first kappa shape index (κ1) is 27.7. The van der Waals surface area contributed by atoms with Crippen LogP contribution in [0.2, 0.25) is 0 Å². The van der Waals surface area contributed by atoms with E-state index >= 15 is 0 Å². The van der Waals surface area contributed by atoms with Gasteiger partial charge in [0.15, 0.2) is 0 Å². The molecule has 1 unspecified atom stereocenters. The predicted molar refractivity (Wildman–Crippen MR) is 152 cm³/mol. The fraction of sp³-hybridized carbons (Fsp3) is 0.419. The highest BCUT2D eigenvalue weighted by Gasteiger charge is 2.35. The monoisotopic (exact) mass is 534 g/mol. The van der Waals surface area contributed by atoms with Crippen molar-refractivity contribution >= 4 is 23.2 Å². The topological polar surface area (TPSA) is 59.1 Å². The van der Waals surface area contributed by atoms with Crippen molar-refractivity contribution < 1.29 is 19.1 Å². The highest BCUT2D eigenvalue weighted by molar-refractivity contribution is 7.10. The Morgan fingerprint density at radius 3 is 2.21 bits per heavy atom. The second-order valence-electron chi connectivity index (χ2n) is 11.0. The number of thiophene rings is 1. The minimum absolute atomic E-state index is 0.0340. The fourth-order valence-corrected chi connectivity index (χ4v) is 5.94. The standard InChI is InChI=1S/C31H38N2O4S/c1-20(2)33(30(35)28-24(36-6)9-8-10-25(28)37-7)19-27(34)32-17-15-26-23(16-18-38-26)29(32)21-11-13-22(14-12-21)31(3,4)5/h8-14,16,18,20,29H,15,17,19H2,1-7H3. The molecular formula is C31H38N2O4S. The van der Waals surface area contributed by atoms with E-state index in [9.17, 15) is 9.59 Å². The van der Waals surface area contributed by atoms with Crippen molar-refractivity contribution in [1.29, 1.82) is 0 Å². The fourth-order valence-electron chi connectivity index (χ4n) is 5.04. The lowest BCUT2D eigenvalue weighted by Gasteiger charge is -2.38. The van der Waals surface area contributed by atoms with Crippen LogP contribution in [0.5, 0.6) is 11.5 Å². The van der Waals surface area contributed by atoms with Crippen LogP contribution in [0.25, 0.3) is 0 Å². The van der Waals surface area contributed by atoms with Gasteiger partial charge in [0.2, 0.25) is 5.91 Å². The Balaban J connectivity index is 1.67. The lowest BCUT2D eigenvalue weighted by Crippen LogP contribution is -2.48. The maximum Gasteiger partial charge on any atom is 0.262 e. The molecule has 0 saturated heterocycles. The number of ether oxygens (including phenoxy) is 2. The van der Waals surface area contributed by atoms with E-state index in [0.717, 1.165) is 12.0 Å². The highest BCUT2D eigenvalue weighted by atomic mass is 32.1. The van der Waals surface area contributed by atoms with Crippen LogP contribution >= 0.6 is 11.3 Å². The van der Waals surface area contributed by atoms with Gasteiger partial charge in [0.25, 0.3) is 5.91 Å². The first-order valence-electron chi connectivity index (χ1n) is 13.0. The first-order valence-corrected chi connectivity index (χ1v) is 13.9. The smallest absolute Gasteiger partial charge is 0.262 e. The Morgan fingerprint density at radius 2 is 1.66 bits per heavy atom. The summed E-state index contributed by atoms with van der Waals surface area (Å²) in [6.07, 6.45) is 0.811. The quantitative estimate of drug-likeness (QED) is 0.368. The molecule has 0 saturated carbocycles. The van der Waals surface area contributed by atoms with Gasteiger partial charge < -0.3 is 19.3 Å². The van der Waals surface area contributed by atoms with Crippen LogP contribution < -0.4 is 9.47 Å². The molecule has 0 N–H and O–H groups in total. The maximum atomic E-state index is 14.0. The van der Waals surface area contributed by atoms with Crippen LogP contribution in [0.1, 0.15) is 72.6 Å². The van der Waals surface area contributed by atoms with Crippen LogP contribution in [-0.2, 0) is 16.6 Å². The largest absolute Gasteiger partial charge is 0.496 e. The van der Waals surface area contributed by atoms with E-state index in [1.54, 1.807) is 34.4 Å². The van der Waals surface area contributed by atoms with Gasteiger partial charge >= 0.3 is 0 Å². The van der Waals surface area contributed by atoms with Gasteiger partial charge in [-0.25, -0.2) is 0 Å². The van der Waals surface area contributed by atoms with E-state index in [1.165, 1.54) is 30.2 Å². The van der Waals surface area contributed by atoms with Crippen molar-refractivity contribution in [3.63, 3.8) is 0 Å². The summed E-state index contributed by atoms with van der Waals surface area (Å²) in [7, 11) is 3.05. The molecule has 4 rings (SSSR count). The first-order chi connectivity index (χ1) is 18.1. The molecule has 0 bridgehead atoms. The number of carbonyl (C=O) groups excluding carboxylic acids is 2. The number of hydrogen-bond donors (Lipinski definition) is 0. The van der Waals surface area contributed by atoms with Gasteiger partial charge in [-0.3, -0.25) is 9.59 Å². The molecule has 0 radical (unpaired) electrons. The Labute approximate surface area is 230 Å². The molecule has 1 atom stereocenters. The Bertz CT molecular complexity index is 1270. The molecule has 6 nitrogen and oxygen atoms in total. The van der Waals surface area contributed by atoms with Gasteiger partial charge in [0.1, 0.15) is 23.6 Å². The molecule has 1 aliphatic rings. The molecule has 1 aliphatic heterocycles. The zero-order chi connectivity index (χ0) is 27.6. The van der Waals surface area contributed by atoms with Crippen molar-refractivity contribution in [3.8, 4) is 11.5 Å². The van der Waals surface area contributed by atoms with Crippen molar-refractivity contribution in [1.82, 2.24) is 9.80 Å². The molecule has 3 aromatic rings. The number of rotatable bonds is 7. The minimum atomic E-state index is -0.290. The van der Waals surface area contributed by atoms with Gasteiger partial charge in [-0.15, -0.1) is 11.3 Å². The number of hydrogen-bond acceptors (Lipinski definition) is 5. The molecule has 7 heteroatoms. The summed E-state index contributed by atoms with van der Waals surface area (Å²) in [6.45, 7) is 11.0. The van der Waals surface area contributed by atoms with Gasteiger partial charge in [-0.05, 0) is 66.0 Å². The summed E-state index contributed by atoms with van der Waals surface area (Å²) in [4.78, 5) is 32.6. The van der Waals surface area contributed by atoms with Gasteiger partial charge in [0.05, 0.1) is 20.3 Å². The molecule has 1 aromatic heterocycles. The van der Waals surface area contributed by atoms with E-state index in [1.807, 2.05) is 18.7 Å². The third-order valence-corrected chi connectivity index (χ3v) is 8.21. The molecule has 0 aliphatic carbocycles. The molecule has 0 fully saturated rings. The molecule has 38 heavy (non-hydrogen) atoms. The minimum Gasteiger partial charge on any atom is -0.496 e. The van der Waals surface area contributed by atoms with Crippen LogP contribution in [0.4, 0.5) is 0 Å². The van der Waals surface area contributed by atoms with Crippen molar-refractivity contribution in [2.45, 2.75) is 58.5 Å². The van der Waals surface area contributed by atoms with Crippen LogP contribution in [0.3, 0.4) is 0 Å². The number of fused-ring (bicyclic) bond motifs is 1. The van der Waals surface area contributed by atoms with Gasteiger partial charge in [0, 0.05) is 17.5 Å². The van der Waals surface area contributed by atoms with Crippen LogP contribution in [0, 0.1) is 0 Å². The lowest BCUT2D eigenvalue weighted by molar-refractivity contribution is -0.134. The number of amides is 2. The van der Waals surface area contributed by atoms with E-state index < -0.39 is 0 Å². The Hall–Kier alpha value is -3.32. The number of carbonyl (C=O) groups is 2. The lowest BCUT2D eigenvalue weighted by atomic mass is 9.85. The number of benzene rings is 2. The van der Waals surface area contributed by atoms with Gasteiger partial charge in [-0.2, -0.15) is 0 Å². The average Bonchev–Trinajstić information content (AvgIpc) is 3.38. The van der Waals surface area contributed by atoms with E-state index in [-0.39, 0.29) is 35.9 Å². The summed E-state index contributed by atoms with van der Waals surface area (Å²) in [5.41, 5.74) is 3.88. The third kappa shape index (κ3) is 5.44. The van der Waals surface area contributed by atoms with Gasteiger partial charge in [-0.1, -0.05) is 51.1 Å². The molecule has 2 aromatic carbocycles. The zero-order valence-corrected chi connectivity index (χ0v) is 24.2. The summed E-state index contributed by atoms with van der Waals surface area (Å²) in [5.74, 6) is 0.472. The predicted octanol–water partition coefficient (Wildman–Crippen LogP) is 6.09. The molecule has 2 amide bonds. The Morgan fingerprint density at radius 1 is 1.03 bits per heavy atom. The summed E-state index contributed by atoms with van der Waals surface area (Å²) < 4.78 is 11.0. The second kappa shape index (κ2) is 11.2. The molecule has 0 spiro atoms. The zero-order valence-electron chi connectivity index (χ0n) is 23.4. The highest BCUT2D eigenvalue weighted by Crippen LogP contribution is 2.39. The SMILES string of the molecule is COc1cccc(OC)c1C(=O)N(CC(=O)N1CCc2sccc2C1c1ccc(C(C)(C)C)cc1)C(C)C. The third-order valence-electron chi connectivity index (χ3n) is 7.21. The number of methoxy groups -OCH3 is 2. The second-order valence-corrected chi connectivity index (χ2v) is 12.0. The summed E-state index contributed by atoms with van der Waals surface area (Å²) >= 11 is 1.74. The molecule has 2 heterocycles. The Kier molecular flexibility index (Phi) is 8.16. The molecular weight excluding hydrogens is 496 g/mol. The summed E-state index contributed by atoms with van der Waals surface area (Å²) in [6, 6.07) is 15.6. The van der Waals surface area contributed by atoms with Crippen molar-refractivity contribution in [2.24, 2.45) is 0 Å². The summed E-state index contributed by atoms with van der Waals surface area (Å²) in [5, 5.41) is 2.10.